The number of amides is 1. The molecule has 3 saturated carbocycles. The van der Waals surface area contributed by atoms with Crippen LogP contribution >= 0.6 is 0 Å². The molecule has 4 fully saturated rings. The van der Waals surface area contributed by atoms with Gasteiger partial charge in [-0.3, -0.25) is 4.79 Å². The molecule has 0 aromatic carbocycles. The van der Waals surface area contributed by atoms with Crippen molar-refractivity contribution in [2.75, 3.05) is 7.05 Å². The van der Waals surface area contributed by atoms with Gasteiger partial charge in [0.25, 0.3) is 0 Å². The molecule has 0 bridgehead atoms. The number of hydrogen-bond acceptors (Lipinski definition) is 2. The maximum absolute atomic E-state index is 12.5. The van der Waals surface area contributed by atoms with Crippen LogP contribution in [0.1, 0.15) is 65.2 Å². The number of piperidine rings is 1. The van der Waals surface area contributed by atoms with Crippen LogP contribution in [0, 0.1) is 28.6 Å². The first-order valence-electron chi connectivity index (χ1n) is 9.29. The summed E-state index contributed by atoms with van der Waals surface area (Å²) in [4.78, 5) is 14.2. The molecule has 0 aromatic rings. The molecule has 1 saturated heterocycles. The van der Waals surface area contributed by atoms with Crippen LogP contribution in [0.15, 0.2) is 0 Å². The molecule has 0 N–H and O–H groups in total. The SMILES string of the molecule is CN1C(=O)CCC2(C)C3CCC4(C)C([O-])CCC4C3CCC12. The molecule has 3 aliphatic carbocycles. The van der Waals surface area contributed by atoms with Gasteiger partial charge in [-0.05, 0) is 60.7 Å². The van der Waals surface area contributed by atoms with Gasteiger partial charge >= 0.3 is 0 Å². The van der Waals surface area contributed by atoms with E-state index in [1.165, 1.54) is 12.8 Å². The Hall–Kier alpha value is -0.570. The zero-order valence-electron chi connectivity index (χ0n) is 14.3. The third-order valence-corrected chi connectivity index (χ3v) is 8.47. The Morgan fingerprint density at radius 2 is 1.73 bits per heavy atom. The lowest BCUT2D eigenvalue weighted by atomic mass is 9.47. The Kier molecular flexibility index (Phi) is 3.21. The standard InChI is InChI=1S/C19H30NO2/c1-18-11-9-17(22)20(3)15(18)6-4-12-13-5-7-16(21)19(13,2)10-8-14(12)18/h12-16H,4-11H2,1-3H3/q-1. The van der Waals surface area contributed by atoms with Crippen molar-refractivity contribution in [2.45, 2.75) is 77.4 Å². The highest BCUT2D eigenvalue weighted by atomic mass is 16.3. The minimum Gasteiger partial charge on any atom is -0.852 e. The normalized spacial score (nSPS) is 54.6. The molecular weight excluding hydrogens is 274 g/mol. The van der Waals surface area contributed by atoms with Crippen LogP contribution < -0.4 is 5.11 Å². The van der Waals surface area contributed by atoms with Crippen molar-refractivity contribution < 1.29 is 9.90 Å². The molecule has 22 heavy (non-hydrogen) atoms. The average molecular weight is 304 g/mol. The third kappa shape index (κ3) is 1.75. The highest BCUT2D eigenvalue weighted by molar-refractivity contribution is 5.77. The van der Waals surface area contributed by atoms with Crippen LogP contribution in [0.2, 0.25) is 0 Å². The van der Waals surface area contributed by atoms with Gasteiger partial charge in [0.2, 0.25) is 5.91 Å². The van der Waals surface area contributed by atoms with Crippen molar-refractivity contribution in [3.8, 4) is 0 Å². The van der Waals surface area contributed by atoms with E-state index in [1.54, 1.807) is 0 Å². The number of carbonyl (C=O) groups is 1. The van der Waals surface area contributed by atoms with Crippen LogP contribution in [0.3, 0.4) is 0 Å². The molecule has 0 radical (unpaired) electrons. The molecule has 1 heterocycles. The summed E-state index contributed by atoms with van der Waals surface area (Å²) >= 11 is 0. The summed E-state index contributed by atoms with van der Waals surface area (Å²) in [5.74, 6) is 2.45. The molecule has 0 aromatic heterocycles. The molecule has 0 spiro atoms. The minimum atomic E-state index is -0.334. The number of likely N-dealkylation sites (tertiary alicyclic amines) is 1. The van der Waals surface area contributed by atoms with Crippen molar-refractivity contribution in [1.29, 1.82) is 0 Å². The second-order valence-corrected chi connectivity index (χ2v) is 9.09. The van der Waals surface area contributed by atoms with Gasteiger partial charge in [0, 0.05) is 19.5 Å². The number of fused-ring (bicyclic) bond motifs is 5. The lowest BCUT2D eigenvalue weighted by Gasteiger charge is -2.62. The van der Waals surface area contributed by atoms with Gasteiger partial charge in [-0.25, -0.2) is 0 Å². The summed E-state index contributed by atoms with van der Waals surface area (Å²) in [6, 6.07) is 0.434. The van der Waals surface area contributed by atoms with Crippen molar-refractivity contribution in [2.24, 2.45) is 28.6 Å². The van der Waals surface area contributed by atoms with Crippen molar-refractivity contribution >= 4 is 5.91 Å². The lowest BCUT2D eigenvalue weighted by Crippen LogP contribution is -2.61. The van der Waals surface area contributed by atoms with E-state index in [0.717, 1.165) is 50.4 Å². The van der Waals surface area contributed by atoms with Gasteiger partial charge in [0.1, 0.15) is 0 Å². The van der Waals surface area contributed by atoms with E-state index < -0.39 is 0 Å². The predicted octanol–water partition coefficient (Wildman–Crippen LogP) is 2.58. The van der Waals surface area contributed by atoms with E-state index in [-0.39, 0.29) is 16.9 Å². The number of hydrogen-bond donors (Lipinski definition) is 0. The van der Waals surface area contributed by atoms with Crippen molar-refractivity contribution in [3.05, 3.63) is 0 Å². The van der Waals surface area contributed by atoms with Gasteiger partial charge < -0.3 is 10.0 Å². The molecule has 1 amide bonds. The summed E-state index contributed by atoms with van der Waals surface area (Å²) in [5, 5.41) is 12.5. The Morgan fingerprint density at radius 1 is 1.00 bits per heavy atom. The van der Waals surface area contributed by atoms with E-state index in [0.29, 0.717) is 17.9 Å². The quantitative estimate of drug-likeness (QED) is 0.690. The molecule has 1 aliphatic heterocycles. The van der Waals surface area contributed by atoms with Crippen molar-refractivity contribution in [1.82, 2.24) is 4.90 Å². The lowest BCUT2D eigenvalue weighted by molar-refractivity contribution is -0.445. The van der Waals surface area contributed by atoms with Gasteiger partial charge in [-0.1, -0.05) is 26.7 Å². The number of carbonyl (C=O) groups excluding carboxylic acids is 1. The highest BCUT2D eigenvalue weighted by Crippen LogP contribution is 2.64. The molecule has 7 unspecified atom stereocenters. The molecule has 3 heteroatoms. The van der Waals surface area contributed by atoms with Crippen molar-refractivity contribution in [3.63, 3.8) is 0 Å². The van der Waals surface area contributed by atoms with Gasteiger partial charge in [0.05, 0.1) is 0 Å². The van der Waals surface area contributed by atoms with E-state index >= 15 is 0 Å². The zero-order chi connectivity index (χ0) is 15.7. The van der Waals surface area contributed by atoms with Gasteiger partial charge in [0.15, 0.2) is 0 Å². The van der Waals surface area contributed by atoms with E-state index in [2.05, 4.69) is 18.7 Å². The molecule has 4 rings (SSSR count). The monoisotopic (exact) mass is 304 g/mol. The fourth-order valence-electron chi connectivity index (χ4n) is 7.10. The Morgan fingerprint density at radius 3 is 2.50 bits per heavy atom. The summed E-state index contributed by atoms with van der Waals surface area (Å²) in [5.41, 5.74) is 0.342. The minimum absolute atomic E-state index is 0.0563. The predicted molar refractivity (Wildman–Crippen MR) is 84.0 cm³/mol. The van der Waals surface area contributed by atoms with E-state index in [4.69, 9.17) is 0 Å². The zero-order valence-corrected chi connectivity index (χ0v) is 14.3. The van der Waals surface area contributed by atoms with E-state index in [1.807, 2.05) is 7.05 Å². The fraction of sp³-hybridized carbons (Fsp3) is 0.947. The summed E-state index contributed by atoms with van der Waals surface area (Å²) in [7, 11) is 2.01. The summed E-state index contributed by atoms with van der Waals surface area (Å²) in [6.07, 6.45) is 8.21. The van der Waals surface area contributed by atoms with Crippen LogP contribution in [0.25, 0.3) is 0 Å². The Balaban J connectivity index is 1.65. The smallest absolute Gasteiger partial charge is 0.222 e. The fourth-order valence-corrected chi connectivity index (χ4v) is 7.10. The van der Waals surface area contributed by atoms with Crippen LogP contribution in [-0.4, -0.2) is 30.0 Å². The second-order valence-electron chi connectivity index (χ2n) is 9.09. The highest BCUT2D eigenvalue weighted by Gasteiger charge is 2.59. The molecule has 3 nitrogen and oxygen atoms in total. The molecule has 124 valence electrons. The second kappa shape index (κ2) is 4.72. The maximum Gasteiger partial charge on any atom is 0.222 e. The molecular formula is C19H30NO2-. The first kappa shape index (κ1) is 15.0. The summed E-state index contributed by atoms with van der Waals surface area (Å²) in [6.45, 7) is 4.73. The topological polar surface area (TPSA) is 43.4 Å². The Bertz CT molecular complexity index is 492. The van der Waals surface area contributed by atoms with Crippen LogP contribution in [0.4, 0.5) is 0 Å². The van der Waals surface area contributed by atoms with E-state index in [9.17, 15) is 9.90 Å². The van der Waals surface area contributed by atoms with Gasteiger partial charge in [-0.15, -0.1) is 6.10 Å². The summed E-state index contributed by atoms with van der Waals surface area (Å²) < 4.78 is 0. The van der Waals surface area contributed by atoms with Gasteiger partial charge in [-0.2, -0.15) is 0 Å². The average Bonchev–Trinajstić information content (AvgIpc) is 2.79. The number of nitrogens with zero attached hydrogens (tertiary/aromatic N) is 1. The Labute approximate surface area is 134 Å². The first-order valence-corrected chi connectivity index (χ1v) is 9.29. The van der Waals surface area contributed by atoms with Crippen LogP contribution in [-0.2, 0) is 4.79 Å². The molecule has 4 aliphatic rings. The number of rotatable bonds is 0. The molecule has 7 atom stereocenters. The largest absolute Gasteiger partial charge is 0.852 e. The maximum atomic E-state index is 12.5. The first-order chi connectivity index (χ1) is 10.4. The van der Waals surface area contributed by atoms with Crippen LogP contribution in [0.5, 0.6) is 0 Å². The third-order valence-electron chi connectivity index (χ3n) is 8.47.